The molecule has 1 N–H and O–H groups in total. The fourth-order valence-electron chi connectivity index (χ4n) is 1.51. The van der Waals surface area contributed by atoms with Crippen molar-refractivity contribution in [3.63, 3.8) is 0 Å². The van der Waals surface area contributed by atoms with E-state index in [9.17, 15) is 4.79 Å². The Kier molecular flexibility index (Phi) is 5.79. The summed E-state index contributed by atoms with van der Waals surface area (Å²) in [6, 6.07) is 7.78. The summed E-state index contributed by atoms with van der Waals surface area (Å²) in [7, 11) is 0. The number of benzene rings is 1. The second-order valence-corrected chi connectivity index (χ2v) is 4.14. The first-order valence-corrected chi connectivity index (χ1v) is 6.04. The highest BCUT2D eigenvalue weighted by Gasteiger charge is 2.04. The van der Waals surface area contributed by atoms with E-state index < -0.39 is 0 Å². The molecule has 16 heavy (non-hydrogen) atoms. The number of rotatable bonds is 7. The summed E-state index contributed by atoms with van der Waals surface area (Å²) >= 11 is 0. The topological polar surface area (TPSA) is 29.1 Å². The maximum absolute atomic E-state index is 11.7. The van der Waals surface area contributed by atoms with Gasteiger partial charge in [0, 0.05) is 18.5 Å². The van der Waals surface area contributed by atoms with E-state index in [-0.39, 0.29) is 5.78 Å². The Morgan fingerprint density at radius 1 is 1.19 bits per heavy atom. The van der Waals surface area contributed by atoms with Gasteiger partial charge in [0.15, 0.2) is 5.78 Å². The summed E-state index contributed by atoms with van der Waals surface area (Å²) in [6.07, 6.45) is 2.96. The van der Waals surface area contributed by atoms with Crippen molar-refractivity contribution in [2.75, 3.05) is 13.1 Å². The summed E-state index contributed by atoms with van der Waals surface area (Å²) in [5, 5.41) is 3.28. The van der Waals surface area contributed by atoms with Crippen LogP contribution in [0.15, 0.2) is 24.3 Å². The van der Waals surface area contributed by atoms with E-state index in [1.165, 1.54) is 18.4 Å². The van der Waals surface area contributed by atoms with Gasteiger partial charge in [0.05, 0.1) is 0 Å². The van der Waals surface area contributed by atoms with Gasteiger partial charge in [0.1, 0.15) is 0 Å². The van der Waals surface area contributed by atoms with E-state index in [0.717, 1.165) is 18.7 Å². The van der Waals surface area contributed by atoms with Crippen LogP contribution in [0.1, 0.15) is 42.1 Å². The molecule has 0 unspecified atom stereocenters. The lowest BCUT2D eigenvalue weighted by molar-refractivity contribution is 0.0982. The molecule has 0 aliphatic heterocycles. The molecule has 2 nitrogen and oxygen atoms in total. The smallest absolute Gasteiger partial charge is 0.164 e. The zero-order valence-corrected chi connectivity index (χ0v) is 10.3. The standard InChI is InChI=1S/C14H21NO/c1-3-4-10-15-11-9-14(16)13-7-5-12(2)6-8-13/h5-8,15H,3-4,9-11H2,1-2H3. The van der Waals surface area contributed by atoms with Crippen LogP contribution in [0.5, 0.6) is 0 Å². The third kappa shape index (κ3) is 4.58. The molecular formula is C14H21NO. The first-order valence-electron chi connectivity index (χ1n) is 6.04. The van der Waals surface area contributed by atoms with Gasteiger partial charge in [-0.2, -0.15) is 0 Å². The average Bonchev–Trinajstić information content (AvgIpc) is 2.29. The van der Waals surface area contributed by atoms with E-state index in [1.807, 2.05) is 31.2 Å². The molecule has 0 saturated carbocycles. The lowest BCUT2D eigenvalue weighted by Crippen LogP contribution is -2.19. The van der Waals surface area contributed by atoms with Crippen LogP contribution in [0.3, 0.4) is 0 Å². The van der Waals surface area contributed by atoms with Crippen molar-refractivity contribution in [1.82, 2.24) is 5.32 Å². The highest BCUT2D eigenvalue weighted by atomic mass is 16.1. The monoisotopic (exact) mass is 219 g/mol. The van der Waals surface area contributed by atoms with Gasteiger partial charge in [-0.15, -0.1) is 0 Å². The summed E-state index contributed by atoms with van der Waals surface area (Å²) in [4.78, 5) is 11.7. The fourth-order valence-corrected chi connectivity index (χ4v) is 1.51. The largest absolute Gasteiger partial charge is 0.316 e. The number of hydrogen-bond acceptors (Lipinski definition) is 2. The van der Waals surface area contributed by atoms with E-state index >= 15 is 0 Å². The van der Waals surface area contributed by atoms with Gasteiger partial charge in [-0.25, -0.2) is 0 Å². The first-order chi connectivity index (χ1) is 7.74. The molecule has 0 aliphatic carbocycles. The Bertz CT molecular complexity index is 316. The minimum absolute atomic E-state index is 0.226. The number of nitrogens with one attached hydrogen (secondary N) is 1. The van der Waals surface area contributed by atoms with Gasteiger partial charge in [-0.1, -0.05) is 43.2 Å². The Labute approximate surface area is 98.1 Å². The lowest BCUT2D eigenvalue weighted by Gasteiger charge is -2.03. The molecule has 1 aromatic carbocycles. The van der Waals surface area contributed by atoms with Gasteiger partial charge in [0.25, 0.3) is 0 Å². The molecule has 1 rings (SSSR count). The highest BCUT2D eigenvalue weighted by molar-refractivity contribution is 5.96. The summed E-state index contributed by atoms with van der Waals surface area (Å²) < 4.78 is 0. The van der Waals surface area contributed by atoms with Crippen LogP contribution >= 0.6 is 0 Å². The minimum Gasteiger partial charge on any atom is -0.316 e. The van der Waals surface area contributed by atoms with Crippen molar-refractivity contribution < 1.29 is 4.79 Å². The zero-order chi connectivity index (χ0) is 11.8. The van der Waals surface area contributed by atoms with Crippen molar-refractivity contribution in [2.45, 2.75) is 33.1 Å². The fraction of sp³-hybridized carbons (Fsp3) is 0.500. The van der Waals surface area contributed by atoms with E-state index in [2.05, 4.69) is 12.2 Å². The van der Waals surface area contributed by atoms with Crippen molar-refractivity contribution in [2.24, 2.45) is 0 Å². The second-order valence-electron chi connectivity index (χ2n) is 4.14. The normalized spacial score (nSPS) is 10.4. The number of aryl methyl sites for hydroxylation is 1. The molecule has 88 valence electrons. The Morgan fingerprint density at radius 3 is 2.50 bits per heavy atom. The van der Waals surface area contributed by atoms with Gasteiger partial charge in [-0.3, -0.25) is 4.79 Å². The number of carbonyl (C=O) groups is 1. The summed E-state index contributed by atoms with van der Waals surface area (Å²) in [5.41, 5.74) is 2.01. The molecule has 0 heterocycles. The van der Waals surface area contributed by atoms with Crippen LogP contribution in [0.25, 0.3) is 0 Å². The van der Waals surface area contributed by atoms with Crippen molar-refractivity contribution >= 4 is 5.78 Å². The van der Waals surface area contributed by atoms with Crippen molar-refractivity contribution in [3.05, 3.63) is 35.4 Å². The first kappa shape index (κ1) is 12.9. The van der Waals surface area contributed by atoms with Crippen LogP contribution in [0.4, 0.5) is 0 Å². The molecule has 1 aromatic rings. The number of ketones is 1. The lowest BCUT2D eigenvalue weighted by atomic mass is 10.1. The Morgan fingerprint density at radius 2 is 1.88 bits per heavy atom. The quantitative estimate of drug-likeness (QED) is 0.564. The number of unbranched alkanes of at least 4 members (excludes halogenated alkanes) is 1. The Balaban J connectivity index is 2.27. The van der Waals surface area contributed by atoms with Crippen LogP contribution in [0, 0.1) is 6.92 Å². The third-order valence-electron chi connectivity index (χ3n) is 2.61. The molecule has 0 aliphatic rings. The Hall–Kier alpha value is -1.15. The minimum atomic E-state index is 0.226. The zero-order valence-electron chi connectivity index (χ0n) is 10.3. The predicted octanol–water partition coefficient (Wildman–Crippen LogP) is 2.96. The number of hydrogen-bond donors (Lipinski definition) is 1. The molecule has 0 bridgehead atoms. The van der Waals surface area contributed by atoms with Gasteiger partial charge < -0.3 is 5.32 Å². The summed E-state index contributed by atoms with van der Waals surface area (Å²) in [6.45, 7) is 5.99. The van der Waals surface area contributed by atoms with Crippen LogP contribution < -0.4 is 5.32 Å². The highest BCUT2D eigenvalue weighted by Crippen LogP contribution is 2.05. The van der Waals surface area contributed by atoms with E-state index in [1.54, 1.807) is 0 Å². The molecule has 0 aromatic heterocycles. The molecule has 0 atom stereocenters. The average molecular weight is 219 g/mol. The number of carbonyl (C=O) groups excluding carboxylic acids is 1. The molecule has 0 amide bonds. The van der Waals surface area contributed by atoms with Gasteiger partial charge in [-0.05, 0) is 19.9 Å². The van der Waals surface area contributed by atoms with E-state index in [0.29, 0.717) is 6.42 Å². The van der Waals surface area contributed by atoms with Crippen LogP contribution in [0.2, 0.25) is 0 Å². The number of Topliss-reactive ketones (excluding diaryl/α,β-unsaturated/α-hetero) is 1. The van der Waals surface area contributed by atoms with Crippen LogP contribution in [-0.4, -0.2) is 18.9 Å². The predicted molar refractivity (Wildman–Crippen MR) is 67.9 cm³/mol. The molecule has 0 radical (unpaired) electrons. The third-order valence-corrected chi connectivity index (χ3v) is 2.61. The maximum atomic E-state index is 11.7. The summed E-state index contributed by atoms with van der Waals surface area (Å²) in [5.74, 6) is 0.226. The van der Waals surface area contributed by atoms with Crippen molar-refractivity contribution in [1.29, 1.82) is 0 Å². The second kappa shape index (κ2) is 7.18. The van der Waals surface area contributed by atoms with Gasteiger partial charge >= 0.3 is 0 Å². The molecule has 0 spiro atoms. The molecule has 2 heteroatoms. The van der Waals surface area contributed by atoms with E-state index in [4.69, 9.17) is 0 Å². The van der Waals surface area contributed by atoms with Gasteiger partial charge in [0.2, 0.25) is 0 Å². The maximum Gasteiger partial charge on any atom is 0.164 e. The van der Waals surface area contributed by atoms with Crippen molar-refractivity contribution in [3.8, 4) is 0 Å². The SMILES string of the molecule is CCCCNCCC(=O)c1ccc(C)cc1. The molecular weight excluding hydrogens is 198 g/mol. The van der Waals surface area contributed by atoms with Crippen LogP contribution in [-0.2, 0) is 0 Å². The molecule has 0 fully saturated rings. The molecule has 0 saturated heterocycles.